The Bertz CT molecular complexity index is 1120. The molecule has 0 radical (unpaired) electrons. The first-order valence-corrected chi connectivity index (χ1v) is 10.7. The highest BCUT2D eigenvalue weighted by Gasteiger charge is 2.49. The summed E-state index contributed by atoms with van der Waals surface area (Å²) in [6.07, 6.45) is 3.68. The number of carboxylic acid groups (broad SMARTS) is 1. The predicted molar refractivity (Wildman–Crippen MR) is 119 cm³/mol. The van der Waals surface area contributed by atoms with Gasteiger partial charge in [-0.1, -0.05) is 26.8 Å². The lowest BCUT2D eigenvalue weighted by atomic mass is 9.69. The summed E-state index contributed by atoms with van der Waals surface area (Å²) in [5.74, 6) is 1.29. The van der Waals surface area contributed by atoms with Crippen LogP contribution in [-0.4, -0.2) is 41.3 Å². The van der Waals surface area contributed by atoms with E-state index >= 15 is 0 Å². The second-order valence-electron chi connectivity index (χ2n) is 9.68. The Labute approximate surface area is 182 Å². The fourth-order valence-electron chi connectivity index (χ4n) is 4.26. The third-order valence-corrected chi connectivity index (χ3v) is 6.77. The summed E-state index contributed by atoms with van der Waals surface area (Å²) in [5, 5.41) is 14.7. The molecule has 164 valence electrons. The number of fused-ring (bicyclic) bond motifs is 2. The first-order valence-electron chi connectivity index (χ1n) is 10.7. The number of pyridine rings is 1. The monoisotopic (exact) mass is 422 g/mol. The van der Waals surface area contributed by atoms with Crippen LogP contribution < -0.4 is 4.90 Å². The molecule has 1 N–H and O–H groups in total. The van der Waals surface area contributed by atoms with Crippen LogP contribution in [0.4, 0.5) is 10.6 Å². The molecule has 1 aliphatic rings. The molecule has 0 aromatic carbocycles. The second-order valence-corrected chi connectivity index (χ2v) is 9.68. The van der Waals surface area contributed by atoms with E-state index in [9.17, 15) is 9.90 Å². The first-order chi connectivity index (χ1) is 14.5. The van der Waals surface area contributed by atoms with Gasteiger partial charge in [-0.05, 0) is 57.1 Å². The van der Waals surface area contributed by atoms with Crippen molar-refractivity contribution < 1.29 is 9.90 Å². The summed E-state index contributed by atoms with van der Waals surface area (Å²) in [6, 6.07) is 4.01. The van der Waals surface area contributed by atoms with Gasteiger partial charge < -0.3 is 5.11 Å². The van der Waals surface area contributed by atoms with Gasteiger partial charge in [-0.25, -0.2) is 19.3 Å². The normalized spacial score (nSPS) is 19.0. The maximum absolute atomic E-state index is 12.3. The molecule has 1 atom stereocenters. The molecule has 0 bridgehead atoms. The molecule has 1 unspecified atom stereocenters. The Hall–Kier alpha value is -3.03. The van der Waals surface area contributed by atoms with Crippen LogP contribution in [0.1, 0.15) is 62.6 Å². The largest absolute Gasteiger partial charge is 0.465 e. The summed E-state index contributed by atoms with van der Waals surface area (Å²) in [5.41, 5.74) is 3.63. The predicted octanol–water partition coefficient (Wildman–Crippen LogP) is 4.16. The summed E-state index contributed by atoms with van der Waals surface area (Å²) in [4.78, 5) is 27.6. The van der Waals surface area contributed by atoms with E-state index in [0.29, 0.717) is 18.7 Å². The number of nitrogens with zero attached hydrogens (tertiary/aromatic N) is 6. The van der Waals surface area contributed by atoms with Crippen LogP contribution in [0.3, 0.4) is 0 Å². The van der Waals surface area contributed by atoms with Gasteiger partial charge in [0.1, 0.15) is 5.82 Å². The third kappa shape index (κ3) is 3.54. The van der Waals surface area contributed by atoms with E-state index in [1.54, 1.807) is 6.20 Å². The van der Waals surface area contributed by atoms with Gasteiger partial charge in [0.15, 0.2) is 11.5 Å². The highest BCUT2D eigenvalue weighted by atomic mass is 16.4. The smallest absolute Gasteiger partial charge is 0.413 e. The van der Waals surface area contributed by atoms with Crippen molar-refractivity contribution >= 4 is 17.6 Å². The molecule has 4 heterocycles. The van der Waals surface area contributed by atoms with E-state index in [1.807, 2.05) is 37.4 Å². The van der Waals surface area contributed by atoms with Gasteiger partial charge in [0, 0.05) is 18.3 Å². The number of hydrogen-bond acceptors (Lipinski definition) is 5. The maximum Gasteiger partial charge on any atom is 0.413 e. The van der Waals surface area contributed by atoms with Crippen molar-refractivity contribution in [3.8, 4) is 0 Å². The molecule has 1 amide bonds. The Morgan fingerprint density at radius 1 is 1.19 bits per heavy atom. The zero-order valence-corrected chi connectivity index (χ0v) is 19.1. The van der Waals surface area contributed by atoms with Crippen molar-refractivity contribution in [1.82, 2.24) is 24.6 Å². The van der Waals surface area contributed by atoms with Crippen LogP contribution in [0, 0.1) is 19.3 Å². The lowest BCUT2D eigenvalue weighted by Crippen LogP contribution is -2.60. The fourth-order valence-corrected chi connectivity index (χ4v) is 4.26. The average Bonchev–Trinajstić information content (AvgIpc) is 3.13. The highest BCUT2D eigenvalue weighted by Crippen LogP contribution is 2.45. The molecule has 0 aliphatic carbocycles. The lowest BCUT2D eigenvalue weighted by Gasteiger charge is -2.51. The van der Waals surface area contributed by atoms with Crippen molar-refractivity contribution in [2.45, 2.75) is 72.8 Å². The molecule has 3 aromatic heterocycles. The molecule has 0 saturated heterocycles. The van der Waals surface area contributed by atoms with Gasteiger partial charge in [0.25, 0.3) is 0 Å². The average molecular weight is 423 g/mol. The van der Waals surface area contributed by atoms with Gasteiger partial charge in [-0.3, -0.25) is 9.88 Å². The number of hydrogen-bond donors (Lipinski definition) is 1. The van der Waals surface area contributed by atoms with Gasteiger partial charge in [-0.2, -0.15) is 5.10 Å². The highest BCUT2D eigenvalue weighted by molar-refractivity contribution is 5.88. The van der Waals surface area contributed by atoms with E-state index in [0.717, 1.165) is 47.0 Å². The molecule has 1 aliphatic heterocycles. The SMILES string of the molecule is Cc1ncc(C)n2nc(CCc3ccc4c(n3)N(C(=O)O)C(C)(C(C)(C)C)CC4)nc12. The molecule has 0 fully saturated rings. The minimum Gasteiger partial charge on any atom is -0.465 e. The van der Waals surface area contributed by atoms with Crippen LogP contribution >= 0.6 is 0 Å². The Morgan fingerprint density at radius 3 is 2.58 bits per heavy atom. The summed E-state index contributed by atoms with van der Waals surface area (Å²) >= 11 is 0. The molecular weight excluding hydrogens is 392 g/mol. The van der Waals surface area contributed by atoms with Crippen LogP contribution in [0.5, 0.6) is 0 Å². The van der Waals surface area contributed by atoms with Crippen molar-refractivity contribution in [2.75, 3.05) is 4.90 Å². The van der Waals surface area contributed by atoms with Gasteiger partial charge in [0.05, 0.1) is 16.9 Å². The zero-order valence-electron chi connectivity index (χ0n) is 19.1. The molecule has 8 heteroatoms. The zero-order chi connectivity index (χ0) is 22.6. The minimum atomic E-state index is -0.955. The Balaban J connectivity index is 1.63. The summed E-state index contributed by atoms with van der Waals surface area (Å²) < 4.78 is 1.82. The molecule has 0 saturated carbocycles. The van der Waals surface area contributed by atoms with Crippen LogP contribution in [0.2, 0.25) is 0 Å². The van der Waals surface area contributed by atoms with Crippen LogP contribution in [0.25, 0.3) is 5.65 Å². The second kappa shape index (κ2) is 7.28. The maximum atomic E-state index is 12.3. The molecule has 3 aromatic rings. The topological polar surface area (TPSA) is 96.5 Å². The van der Waals surface area contributed by atoms with Crippen LogP contribution in [0.15, 0.2) is 18.3 Å². The number of aryl methyl sites for hydroxylation is 5. The Kier molecular flexibility index (Phi) is 4.98. The fraction of sp³-hybridized carbons (Fsp3) is 0.522. The quantitative estimate of drug-likeness (QED) is 0.681. The van der Waals surface area contributed by atoms with Crippen molar-refractivity contribution in [3.63, 3.8) is 0 Å². The third-order valence-electron chi connectivity index (χ3n) is 6.77. The van der Waals surface area contributed by atoms with E-state index in [2.05, 4.69) is 35.8 Å². The van der Waals surface area contributed by atoms with E-state index in [1.165, 1.54) is 4.90 Å². The minimum absolute atomic E-state index is 0.217. The summed E-state index contributed by atoms with van der Waals surface area (Å²) in [7, 11) is 0. The Morgan fingerprint density at radius 2 is 1.94 bits per heavy atom. The lowest BCUT2D eigenvalue weighted by molar-refractivity contribution is 0.146. The molecule has 0 spiro atoms. The van der Waals surface area contributed by atoms with Crippen molar-refractivity contribution in [1.29, 1.82) is 0 Å². The van der Waals surface area contributed by atoms with Crippen LogP contribution in [-0.2, 0) is 19.3 Å². The number of carbonyl (C=O) groups is 1. The number of anilines is 1. The van der Waals surface area contributed by atoms with E-state index in [-0.39, 0.29) is 5.41 Å². The molecule has 8 nitrogen and oxygen atoms in total. The molecule has 31 heavy (non-hydrogen) atoms. The summed E-state index contributed by atoms with van der Waals surface area (Å²) in [6.45, 7) is 12.2. The molecule has 4 rings (SSSR count). The number of aromatic nitrogens is 5. The van der Waals surface area contributed by atoms with Gasteiger partial charge in [0.2, 0.25) is 0 Å². The first kappa shape index (κ1) is 21.2. The van der Waals surface area contributed by atoms with E-state index in [4.69, 9.17) is 4.98 Å². The van der Waals surface area contributed by atoms with Crippen molar-refractivity contribution in [2.24, 2.45) is 5.41 Å². The van der Waals surface area contributed by atoms with Gasteiger partial charge in [-0.15, -0.1) is 0 Å². The van der Waals surface area contributed by atoms with Crippen molar-refractivity contribution in [3.05, 3.63) is 46.8 Å². The van der Waals surface area contributed by atoms with Gasteiger partial charge >= 0.3 is 6.09 Å². The standard InChI is InChI=1S/C23H30N6O2/c1-14-13-24-15(2)19-26-18(27-29(14)19)10-9-17-8-7-16-11-12-23(6,22(3,4)5)28(21(30)31)20(16)25-17/h7-8,13H,9-12H2,1-6H3,(H,30,31). The molecular formula is C23H30N6O2. The number of rotatable bonds is 3. The van der Waals surface area contributed by atoms with E-state index < -0.39 is 11.6 Å². The number of amides is 1.